The van der Waals surface area contributed by atoms with Crippen LogP contribution in [0.2, 0.25) is 0 Å². The van der Waals surface area contributed by atoms with Crippen molar-refractivity contribution in [1.82, 2.24) is 4.58 Å². The molecule has 0 fully saturated rings. The topological polar surface area (TPSA) is 19.0 Å². The van der Waals surface area contributed by atoms with Crippen molar-refractivity contribution in [3.05, 3.63) is 223 Å². The summed E-state index contributed by atoms with van der Waals surface area (Å²) in [7, 11) is 0. The van der Waals surface area contributed by atoms with E-state index in [0.717, 1.165) is 109 Å². The lowest BCUT2D eigenvalue weighted by Gasteiger charge is -2.28. The smallest absolute Gasteiger partial charge is 0.212 e. The molecule has 1 aliphatic carbocycles. The average Bonchev–Trinajstić information content (AvgIpc) is 3.28. The van der Waals surface area contributed by atoms with Crippen molar-refractivity contribution in [2.24, 2.45) is 0 Å². The third kappa shape index (κ3) is 11.1. The minimum atomic E-state index is 0.732. The third-order valence-corrected chi connectivity index (χ3v) is 10.1. The molecule has 0 saturated carbocycles. The molecule has 0 atom stereocenters. The molecule has 0 radical (unpaired) electrons. The maximum absolute atomic E-state index is 3.96. The van der Waals surface area contributed by atoms with Crippen LogP contribution in [0.4, 0.5) is 45.5 Å². The minimum absolute atomic E-state index is 0.732. The first-order valence-electron chi connectivity index (χ1n) is 20.4. The molecule has 5 rings (SSSR count). The van der Waals surface area contributed by atoms with Crippen molar-refractivity contribution in [2.75, 3.05) is 72.0 Å². The van der Waals surface area contributed by atoms with Gasteiger partial charge >= 0.3 is 0 Å². The first kappa shape index (κ1) is 43.9. The van der Waals surface area contributed by atoms with E-state index in [2.05, 4.69) is 203 Å². The standard InChI is InChI=1S/C54H60N6/c1-9-37-55(38-10-2)45-17-25-49(26-18-45)59(50-27-19-46(20-28-50)56(39-11-3)40-12-4)53-33-35-54(36-34-53)60(51-29-21-47(22-30-51)57(41-13-5)42-14-6)52-31-23-48(24-32-52)58(43-15-7)44-16-8/h9-36H,1-8,37-44H2/q+2. The minimum Gasteiger partial charge on any atom is -0.364 e. The molecule has 0 bridgehead atoms. The molecular formula is C54H60N6+2. The Bertz CT molecular complexity index is 2120. The third-order valence-electron chi connectivity index (χ3n) is 10.1. The van der Waals surface area contributed by atoms with Crippen LogP contribution in [0.15, 0.2) is 223 Å². The van der Waals surface area contributed by atoms with E-state index < -0.39 is 0 Å². The molecular weight excluding hydrogens is 733 g/mol. The molecule has 0 saturated heterocycles. The van der Waals surface area contributed by atoms with Gasteiger partial charge in [-0.05, 0) is 84.9 Å². The predicted octanol–water partition coefficient (Wildman–Crippen LogP) is 11.9. The largest absolute Gasteiger partial charge is 0.364 e. The van der Waals surface area contributed by atoms with E-state index in [-0.39, 0.29) is 0 Å². The molecule has 0 amide bonds. The Morgan fingerprint density at radius 2 is 0.600 bits per heavy atom. The molecule has 304 valence electrons. The zero-order valence-corrected chi connectivity index (χ0v) is 35.2. The van der Waals surface area contributed by atoms with Crippen LogP contribution in [-0.4, -0.2) is 68.4 Å². The highest BCUT2D eigenvalue weighted by molar-refractivity contribution is 6.18. The molecule has 4 aromatic carbocycles. The Hall–Kier alpha value is -7.18. The zero-order chi connectivity index (χ0) is 42.7. The maximum Gasteiger partial charge on any atom is 0.212 e. The highest BCUT2D eigenvalue weighted by atomic mass is 15.2. The summed E-state index contributed by atoms with van der Waals surface area (Å²) in [6, 6.07) is 34.9. The summed E-state index contributed by atoms with van der Waals surface area (Å²) in [6.45, 7) is 37.6. The lowest BCUT2D eigenvalue weighted by Crippen LogP contribution is -2.23. The normalized spacial score (nSPS) is 11.5. The monoisotopic (exact) mass is 792 g/mol. The van der Waals surface area contributed by atoms with Crippen molar-refractivity contribution in [3.63, 3.8) is 0 Å². The molecule has 0 spiro atoms. The Balaban J connectivity index is 1.62. The highest BCUT2D eigenvalue weighted by Gasteiger charge is 2.23. The van der Waals surface area contributed by atoms with Gasteiger partial charge in [-0.25, -0.2) is 4.58 Å². The molecule has 0 unspecified atom stereocenters. The predicted molar refractivity (Wildman–Crippen MR) is 266 cm³/mol. The number of benzene rings is 4. The second-order valence-corrected chi connectivity index (χ2v) is 14.2. The molecule has 0 heterocycles. The fourth-order valence-electron chi connectivity index (χ4n) is 7.28. The Morgan fingerprint density at radius 3 is 0.900 bits per heavy atom. The van der Waals surface area contributed by atoms with Gasteiger partial charge in [0.25, 0.3) is 0 Å². The summed E-state index contributed by atoms with van der Waals surface area (Å²) in [5.74, 6) is 0. The van der Waals surface area contributed by atoms with Crippen molar-refractivity contribution in [3.8, 4) is 0 Å². The van der Waals surface area contributed by atoms with Crippen LogP contribution in [-0.2, 0) is 0 Å². The van der Waals surface area contributed by atoms with Crippen LogP contribution in [0.5, 0.6) is 0 Å². The fourth-order valence-corrected chi connectivity index (χ4v) is 7.28. The molecule has 6 heteroatoms. The lowest BCUT2D eigenvalue weighted by atomic mass is 10.1. The Kier molecular flexibility index (Phi) is 16.6. The van der Waals surface area contributed by atoms with E-state index >= 15 is 0 Å². The van der Waals surface area contributed by atoms with Gasteiger partial charge in [0.1, 0.15) is 0 Å². The summed E-state index contributed by atoms with van der Waals surface area (Å²) in [5.41, 5.74) is 10.7. The van der Waals surface area contributed by atoms with Gasteiger partial charge < -0.3 is 19.6 Å². The molecule has 4 aromatic rings. The zero-order valence-electron chi connectivity index (χ0n) is 35.2. The van der Waals surface area contributed by atoms with Gasteiger partial charge in [-0.3, -0.25) is 0 Å². The molecule has 1 aliphatic rings. The summed E-state index contributed by atoms with van der Waals surface area (Å²) in [6.07, 6.45) is 24.0. The fraction of sp³-hybridized carbons (Fsp3) is 0.148. The molecule has 0 aliphatic heterocycles. The Labute approximate surface area is 359 Å². The van der Waals surface area contributed by atoms with Gasteiger partial charge in [-0.15, -0.1) is 39.5 Å². The van der Waals surface area contributed by atoms with E-state index in [1.165, 1.54) is 0 Å². The molecule has 0 N–H and O–H groups in total. The van der Waals surface area contributed by atoms with Gasteiger partial charge in [-0.1, -0.05) is 49.6 Å². The van der Waals surface area contributed by atoms with Crippen molar-refractivity contribution in [2.45, 2.75) is 0 Å². The summed E-state index contributed by atoms with van der Waals surface area (Å²) < 4.78 is 4.54. The number of hydrogen-bond acceptors (Lipinski definition) is 4. The lowest BCUT2D eigenvalue weighted by molar-refractivity contribution is -0.505. The van der Waals surface area contributed by atoms with Crippen LogP contribution >= 0.6 is 0 Å². The quantitative estimate of drug-likeness (QED) is 0.0400. The van der Waals surface area contributed by atoms with Crippen LogP contribution < -0.4 is 24.2 Å². The van der Waals surface area contributed by atoms with Crippen molar-refractivity contribution < 1.29 is 4.58 Å². The number of nitrogens with zero attached hydrogens (tertiary/aromatic N) is 6. The van der Waals surface area contributed by atoms with Crippen LogP contribution in [0, 0.1) is 0 Å². The van der Waals surface area contributed by atoms with Gasteiger partial charge in [0.2, 0.25) is 22.8 Å². The second-order valence-electron chi connectivity index (χ2n) is 14.2. The van der Waals surface area contributed by atoms with Gasteiger partial charge in [0, 0.05) is 122 Å². The number of anilines is 6. The first-order valence-corrected chi connectivity index (χ1v) is 20.4. The number of hydrogen-bond donors (Lipinski definition) is 0. The van der Waals surface area contributed by atoms with Gasteiger partial charge in [0.15, 0.2) is 13.1 Å². The molecule has 6 nitrogen and oxygen atoms in total. The average molecular weight is 793 g/mol. The van der Waals surface area contributed by atoms with E-state index in [1.54, 1.807) is 0 Å². The van der Waals surface area contributed by atoms with Crippen LogP contribution in [0.1, 0.15) is 0 Å². The first-order chi connectivity index (χ1) is 29.4. The summed E-state index contributed by atoms with van der Waals surface area (Å²) in [5, 5.41) is 0. The van der Waals surface area contributed by atoms with Crippen molar-refractivity contribution >= 4 is 56.9 Å². The van der Waals surface area contributed by atoms with Crippen LogP contribution in [0.25, 0.3) is 0 Å². The van der Waals surface area contributed by atoms with E-state index in [1.807, 2.05) is 48.6 Å². The Morgan fingerprint density at radius 1 is 0.333 bits per heavy atom. The molecule has 60 heavy (non-hydrogen) atoms. The number of allylic oxidation sites excluding steroid dienone is 4. The number of rotatable bonds is 24. The van der Waals surface area contributed by atoms with E-state index in [0.29, 0.717) is 0 Å². The molecule has 0 aromatic heterocycles. The van der Waals surface area contributed by atoms with Crippen LogP contribution in [0.3, 0.4) is 0 Å². The highest BCUT2D eigenvalue weighted by Crippen LogP contribution is 2.38. The van der Waals surface area contributed by atoms with E-state index in [9.17, 15) is 0 Å². The summed E-state index contributed by atoms with van der Waals surface area (Å²) >= 11 is 0. The van der Waals surface area contributed by atoms with Gasteiger partial charge in [0.05, 0.1) is 0 Å². The maximum atomic E-state index is 3.96. The van der Waals surface area contributed by atoms with E-state index in [4.69, 9.17) is 0 Å². The second kappa shape index (κ2) is 22.7. The van der Waals surface area contributed by atoms with Crippen molar-refractivity contribution in [1.29, 1.82) is 0 Å². The van der Waals surface area contributed by atoms with Gasteiger partial charge in [-0.2, -0.15) is 4.58 Å². The summed E-state index contributed by atoms with van der Waals surface area (Å²) in [4.78, 5) is 9.02. The SMILES string of the molecule is C=CCN(CC=C)c1ccc(N(c2ccc(N(CC=C)CC=C)cc2)c2ccc([N+](=C3C=CC(=[N+](CC=C)CC=C)C=C3)c3ccc(N(CC=C)CC=C)cc3)cc2)cc1.